The molecule has 0 bridgehead atoms. The summed E-state index contributed by atoms with van der Waals surface area (Å²) in [6, 6.07) is 7.50. The van der Waals surface area contributed by atoms with E-state index >= 15 is 0 Å². The second-order valence-corrected chi connectivity index (χ2v) is 10.0. The summed E-state index contributed by atoms with van der Waals surface area (Å²) in [5.74, 6) is 2.04. The summed E-state index contributed by atoms with van der Waals surface area (Å²) in [5.41, 5.74) is 1.85. The third kappa shape index (κ3) is 5.80. The van der Waals surface area contributed by atoms with Crippen molar-refractivity contribution < 1.29 is 13.9 Å². The summed E-state index contributed by atoms with van der Waals surface area (Å²) in [4.78, 5) is 29.2. The summed E-state index contributed by atoms with van der Waals surface area (Å²) in [6.45, 7) is 7.11. The molecule has 39 heavy (non-hydrogen) atoms. The first-order valence-corrected chi connectivity index (χ1v) is 12.9. The van der Waals surface area contributed by atoms with E-state index in [9.17, 15) is 9.18 Å². The Balaban J connectivity index is 1.22. The number of piperidine rings is 1. The Hall–Kier alpha value is -4.19. The number of aromatic nitrogens is 7. The maximum Gasteiger partial charge on any atom is 0.230 e. The lowest BCUT2D eigenvalue weighted by molar-refractivity contribution is -0.144. The van der Waals surface area contributed by atoms with Gasteiger partial charge in [0.25, 0.3) is 0 Å². The molecule has 0 saturated carbocycles. The molecule has 5 rings (SSSR count). The van der Waals surface area contributed by atoms with Crippen LogP contribution in [0.4, 0.5) is 22.0 Å². The number of rotatable bonds is 9. The Kier molecular flexibility index (Phi) is 7.38. The van der Waals surface area contributed by atoms with Crippen LogP contribution in [-0.2, 0) is 9.53 Å². The molecule has 1 saturated heterocycles. The lowest BCUT2D eigenvalue weighted by Gasteiger charge is -2.40. The molecule has 5 heterocycles. The normalized spacial score (nSPS) is 15.8. The molecule has 4 aromatic heterocycles. The molecule has 4 aromatic rings. The summed E-state index contributed by atoms with van der Waals surface area (Å²) in [5, 5.41) is 14.2. The molecular formula is C27H32FN9O2. The number of pyridine rings is 1. The largest absolute Gasteiger partial charge is 0.370 e. The predicted octanol–water partition coefficient (Wildman–Crippen LogP) is 4.03. The van der Waals surface area contributed by atoms with Crippen LogP contribution in [0.15, 0.2) is 42.9 Å². The molecule has 11 nitrogen and oxygen atoms in total. The standard InChI is InChI=1S/C27H32FN9O2/c1-17(20-5-6-24(29-14-20)37-16-21(28)15-30-37)11-22(38)27(39-4)7-9-36(10-8-27)25-13-18(2)31-26(33-25)32-23-12-19(3)34-35-23/h5-6,12-17H,7-11H2,1-4H3,(H2,31,32,33,34,35)/t17-/m1/s1. The van der Waals surface area contributed by atoms with E-state index in [1.807, 2.05) is 39.0 Å². The van der Waals surface area contributed by atoms with Gasteiger partial charge in [-0.2, -0.15) is 15.2 Å². The highest BCUT2D eigenvalue weighted by atomic mass is 19.1. The van der Waals surface area contributed by atoms with E-state index in [-0.39, 0.29) is 11.7 Å². The fourth-order valence-corrected chi connectivity index (χ4v) is 4.89. The van der Waals surface area contributed by atoms with Crippen molar-refractivity contribution in [2.45, 2.75) is 51.6 Å². The number of halogens is 1. The van der Waals surface area contributed by atoms with Crippen LogP contribution in [-0.4, -0.2) is 66.5 Å². The van der Waals surface area contributed by atoms with Crippen molar-refractivity contribution in [1.82, 2.24) is 34.9 Å². The van der Waals surface area contributed by atoms with E-state index in [0.717, 1.165) is 29.0 Å². The van der Waals surface area contributed by atoms with Crippen molar-refractivity contribution in [2.75, 3.05) is 30.4 Å². The van der Waals surface area contributed by atoms with Crippen molar-refractivity contribution in [3.05, 3.63) is 65.6 Å². The third-order valence-electron chi connectivity index (χ3n) is 7.20. The lowest BCUT2D eigenvalue weighted by atomic mass is 9.82. The number of carbonyl (C=O) groups is 1. The van der Waals surface area contributed by atoms with Gasteiger partial charge in [0, 0.05) is 69.2 Å². The summed E-state index contributed by atoms with van der Waals surface area (Å²) in [7, 11) is 1.61. The highest BCUT2D eigenvalue weighted by Gasteiger charge is 2.42. The van der Waals surface area contributed by atoms with Crippen LogP contribution < -0.4 is 10.2 Å². The van der Waals surface area contributed by atoms with Crippen LogP contribution >= 0.6 is 0 Å². The van der Waals surface area contributed by atoms with E-state index in [4.69, 9.17) is 4.74 Å². The average Bonchev–Trinajstić information content (AvgIpc) is 3.55. The molecule has 1 fully saturated rings. The van der Waals surface area contributed by atoms with Crippen molar-refractivity contribution in [1.29, 1.82) is 0 Å². The highest BCUT2D eigenvalue weighted by molar-refractivity contribution is 5.88. The minimum Gasteiger partial charge on any atom is -0.370 e. The molecule has 1 aliphatic rings. The number of carbonyl (C=O) groups excluding carboxylic acids is 1. The maximum absolute atomic E-state index is 13.5. The Morgan fingerprint density at radius 2 is 1.97 bits per heavy atom. The Morgan fingerprint density at radius 3 is 2.59 bits per heavy atom. The summed E-state index contributed by atoms with van der Waals surface area (Å²) < 4.78 is 20.5. The molecule has 0 radical (unpaired) electrons. The van der Waals surface area contributed by atoms with Crippen molar-refractivity contribution in [3.8, 4) is 5.82 Å². The Labute approximate surface area is 225 Å². The molecule has 2 N–H and O–H groups in total. The molecule has 0 amide bonds. The highest BCUT2D eigenvalue weighted by Crippen LogP contribution is 2.33. The van der Waals surface area contributed by atoms with Crippen LogP contribution in [0.25, 0.3) is 5.82 Å². The molecule has 12 heteroatoms. The fourth-order valence-electron chi connectivity index (χ4n) is 4.89. The van der Waals surface area contributed by atoms with Gasteiger partial charge in [0.15, 0.2) is 23.2 Å². The number of Topliss-reactive ketones (excluding diaryl/α,β-unsaturated/α-hetero) is 1. The van der Waals surface area contributed by atoms with Gasteiger partial charge < -0.3 is 15.0 Å². The van der Waals surface area contributed by atoms with Gasteiger partial charge in [-0.1, -0.05) is 13.0 Å². The van der Waals surface area contributed by atoms with Gasteiger partial charge in [0.1, 0.15) is 11.4 Å². The first kappa shape index (κ1) is 26.4. The lowest BCUT2D eigenvalue weighted by Crippen LogP contribution is -2.51. The van der Waals surface area contributed by atoms with Crippen LogP contribution in [0.1, 0.15) is 49.1 Å². The number of aryl methyl sites for hydroxylation is 2. The van der Waals surface area contributed by atoms with Crippen LogP contribution in [0, 0.1) is 19.7 Å². The van der Waals surface area contributed by atoms with Gasteiger partial charge in [0.05, 0.1) is 12.4 Å². The number of aromatic amines is 1. The van der Waals surface area contributed by atoms with Crippen molar-refractivity contribution in [3.63, 3.8) is 0 Å². The van der Waals surface area contributed by atoms with E-state index in [1.165, 1.54) is 10.9 Å². The van der Waals surface area contributed by atoms with Gasteiger partial charge in [-0.05, 0) is 31.4 Å². The van der Waals surface area contributed by atoms with Gasteiger partial charge >= 0.3 is 0 Å². The quantitative estimate of drug-likeness (QED) is 0.328. The molecule has 0 spiro atoms. The third-order valence-corrected chi connectivity index (χ3v) is 7.20. The van der Waals surface area contributed by atoms with Crippen LogP contribution in [0.5, 0.6) is 0 Å². The second-order valence-electron chi connectivity index (χ2n) is 10.0. The SMILES string of the molecule is COC1(C(=O)C[C@@H](C)c2ccc(-n3cc(F)cn3)nc2)CCN(c2cc(C)nc(Nc3cc(C)[nH]n3)n2)CC1. The second kappa shape index (κ2) is 10.9. The van der Waals surface area contributed by atoms with E-state index in [1.54, 1.807) is 19.4 Å². The number of ether oxygens (including phenoxy) is 1. The molecule has 1 atom stereocenters. The van der Waals surface area contributed by atoms with E-state index in [0.29, 0.717) is 49.9 Å². The van der Waals surface area contributed by atoms with Crippen molar-refractivity contribution in [2.24, 2.45) is 0 Å². The van der Waals surface area contributed by atoms with E-state index in [2.05, 4.69) is 40.5 Å². The minimum atomic E-state index is -0.847. The number of hydrogen-bond acceptors (Lipinski definition) is 9. The minimum absolute atomic E-state index is 0.0534. The van der Waals surface area contributed by atoms with Crippen LogP contribution in [0.2, 0.25) is 0 Å². The predicted molar refractivity (Wildman–Crippen MR) is 144 cm³/mol. The van der Waals surface area contributed by atoms with Gasteiger partial charge in [-0.3, -0.25) is 9.89 Å². The number of H-pyrrole nitrogens is 1. The number of nitrogens with zero attached hydrogens (tertiary/aromatic N) is 7. The average molecular weight is 534 g/mol. The topological polar surface area (TPSA) is 127 Å². The first-order valence-electron chi connectivity index (χ1n) is 12.9. The molecule has 204 valence electrons. The van der Waals surface area contributed by atoms with Crippen molar-refractivity contribution >= 4 is 23.4 Å². The van der Waals surface area contributed by atoms with E-state index < -0.39 is 11.4 Å². The number of ketones is 1. The number of hydrogen-bond donors (Lipinski definition) is 2. The maximum atomic E-state index is 13.5. The van der Waals surface area contributed by atoms with Gasteiger partial charge in [0.2, 0.25) is 5.95 Å². The number of anilines is 3. The van der Waals surface area contributed by atoms with Gasteiger partial charge in [-0.25, -0.2) is 19.0 Å². The molecular weight excluding hydrogens is 501 g/mol. The number of nitrogens with one attached hydrogen (secondary N) is 2. The zero-order valence-electron chi connectivity index (χ0n) is 22.5. The fraction of sp³-hybridized carbons (Fsp3) is 0.407. The Bertz CT molecular complexity index is 1440. The first-order chi connectivity index (χ1) is 18.7. The summed E-state index contributed by atoms with van der Waals surface area (Å²) >= 11 is 0. The molecule has 0 aromatic carbocycles. The van der Waals surface area contributed by atoms with Gasteiger partial charge in [-0.15, -0.1) is 0 Å². The summed E-state index contributed by atoms with van der Waals surface area (Å²) in [6.07, 6.45) is 5.56. The molecule has 0 aliphatic carbocycles. The molecule has 1 aliphatic heterocycles. The monoisotopic (exact) mass is 533 g/mol. The zero-order chi connectivity index (χ0) is 27.6. The smallest absolute Gasteiger partial charge is 0.230 e. The zero-order valence-corrected chi connectivity index (χ0v) is 22.5. The molecule has 0 unspecified atom stereocenters. The Morgan fingerprint density at radius 1 is 1.18 bits per heavy atom. The van der Waals surface area contributed by atoms with Crippen LogP contribution in [0.3, 0.4) is 0 Å². The number of methoxy groups -OCH3 is 1.